The molecule has 0 aliphatic rings. The maximum atomic E-state index is 11.9. The molecule has 98 valence electrons. The Morgan fingerprint density at radius 3 is 2.58 bits per heavy atom. The summed E-state index contributed by atoms with van der Waals surface area (Å²) in [6, 6.07) is 11.6. The summed E-state index contributed by atoms with van der Waals surface area (Å²) in [7, 11) is 1.66. The minimum atomic E-state index is -0.273. The van der Waals surface area contributed by atoms with Crippen LogP contribution in [0.25, 0.3) is 0 Å². The van der Waals surface area contributed by atoms with Crippen LogP contribution < -0.4 is 10.9 Å². The summed E-state index contributed by atoms with van der Waals surface area (Å²) in [6.45, 7) is 2.41. The van der Waals surface area contributed by atoms with Crippen LogP contribution in [0.5, 0.6) is 0 Å². The molecule has 0 fully saturated rings. The van der Waals surface area contributed by atoms with E-state index in [9.17, 15) is 9.59 Å². The lowest BCUT2D eigenvalue weighted by Gasteiger charge is -2.12. The summed E-state index contributed by atoms with van der Waals surface area (Å²) in [6.07, 6.45) is 0.606. The van der Waals surface area contributed by atoms with Gasteiger partial charge in [-0.2, -0.15) is 0 Å². The molecule has 0 spiro atoms. The second kappa shape index (κ2) is 5.52. The molecule has 4 heteroatoms. The van der Waals surface area contributed by atoms with Crippen molar-refractivity contribution in [3.63, 3.8) is 0 Å². The summed E-state index contributed by atoms with van der Waals surface area (Å²) in [5.74, 6) is 0. The van der Waals surface area contributed by atoms with E-state index in [1.54, 1.807) is 7.05 Å². The number of aldehydes is 1. The van der Waals surface area contributed by atoms with Crippen LogP contribution in [0, 0.1) is 6.92 Å². The van der Waals surface area contributed by atoms with Gasteiger partial charge in [-0.1, -0.05) is 30.3 Å². The average Bonchev–Trinajstić information content (AvgIpc) is 2.44. The van der Waals surface area contributed by atoms with Crippen molar-refractivity contribution in [2.75, 3.05) is 5.32 Å². The number of nitrogens with zero attached hydrogens (tertiary/aromatic N) is 1. The number of aromatic nitrogens is 1. The molecule has 0 radical (unpaired) electrons. The number of carbonyl (C=O) groups is 1. The highest BCUT2D eigenvalue weighted by atomic mass is 16.1. The lowest BCUT2D eigenvalue weighted by Crippen LogP contribution is -2.24. The topological polar surface area (TPSA) is 51.1 Å². The Hall–Kier alpha value is -2.36. The van der Waals surface area contributed by atoms with Crippen LogP contribution in [0.4, 0.5) is 5.69 Å². The summed E-state index contributed by atoms with van der Waals surface area (Å²) < 4.78 is 1.47. The van der Waals surface area contributed by atoms with Gasteiger partial charge in [-0.3, -0.25) is 9.59 Å². The average molecular weight is 256 g/mol. The molecule has 1 heterocycles. The fourth-order valence-corrected chi connectivity index (χ4v) is 1.89. The lowest BCUT2D eigenvalue weighted by molar-refractivity contribution is 0.112. The Kier molecular flexibility index (Phi) is 3.80. The van der Waals surface area contributed by atoms with E-state index in [2.05, 4.69) is 5.32 Å². The zero-order valence-electron chi connectivity index (χ0n) is 11.0. The molecule has 0 atom stereocenters. The summed E-state index contributed by atoms with van der Waals surface area (Å²) >= 11 is 0. The van der Waals surface area contributed by atoms with E-state index in [-0.39, 0.29) is 11.1 Å². The zero-order valence-corrected chi connectivity index (χ0v) is 11.0. The summed E-state index contributed by atoms with van der Waals surface area (Å²) in [4.78, 5) is 23.0. The summed E-state index contributed by atoms with van der Waals surface area (Å²) in [5.41, 5.74) is 2.39. The van der Waals surface area contributed by atoms with Crippen molar-refractivity contribution in [1.29, 1.82) is 0 Å². The number of hydrogen-bond donors (Lipinski definition) is 1. The third kappa shape index (κ3) is 2.73. The fraction of sp³-hybridized carbons (Fsp3) is 0.200. The molecule has 2 rings (SSSR count). The molecule has 0 amide bonds. The van der Waals surface area contributed by atoms with Crippen LogP contribution in [0.2, 0.25) is 0 Å². The largest absolute Gasteiger partial charge is 0.380 e. The van der Waals surface area contributed by atoms with Gasteiger partial charge < -0.3 is 9.88 Å². The third-order valence-corrected chi connectivity index (χ3v) is 3.15. The number of nitrogens with one attached hydrogen (secondary N) is 1. The quantitative estimate of drug-likeness (QED) is 0.852. The standard InChI is InChI=1S/C15H16N2O2/c1-11-8-14(13(10-18)15(19)17(11)2)16-9-12-6-4-3-5-7-12/h3-8,10,16H,9H2,1-2H3. The second-order valence-electron chi connectivity index (χ2n) is 4.43. The van der Waals surface area contributed by atoms with Crippen LogP contribution in [0.3, 0.4) is 0 Å². The Morgan fingerprint density at radius 1 is 1.26 bits per heavy atom. The first-order valence-corrected chi connectivity index (χ1v) is 6.07. The van der Waals surface area contributed by atoms with Gasteiger partial charge in [0.2, 0.25) is 0 Å². The van der Waals surface area contributed by atoms with Crippen molar-refractivity contribution in [3.8, 4) is 0 Å². The predicted molar refractivity (Wildman–Crippen MR) is 75.6 cm³/mol. The van der Waals surface area contributed by atoms with Gasteiger partial charge in [0.1, 0.15) is 5.56 Å². The minimum absolute atomic E-state index is 0.170. The molecule has 2 aromatic rings. The normalized spacial score (nSPS) is 10.2. The van der Waals surface area contributed by atoms with E-state index in [0.29, 0.717) is 18.5 Å². The smallest absolute Gasteiger partial charge is 0.263 e. The lowest BCUT2D eigenvalue weighted by atomic mass is 10.2. The van der Waals surface area contributed by atoms with Crippen LogP contribution in [-0.4, -0.2) is 10.9 Å². The Labute approximate surface area is 111 Å². The first-order valence-electron chi connectivity index (χ1n) is 6.07. The first kappa shape index (κ1) is 13.1. The molecule has 19 heavy (non-hydrogen) atoms. The van der Waals surface area contributed by atoms with Gasteiger partial charge in [0.25, 0.3) is 5.56 Å². The maximum Gasteiger partial charge on any atom is 0.263 e. The molecular formula is C15H16N2O2. The Balaban J connectivity index is 2.30. The highest BCUT2D eigenvalue weighted by Crippen LogP contribution is 2.13. The van der Waals surface area contributed by atoms with Gasteiger partial charge >= 0.3 is 0 Å². The van der Waals surface area contributed by atoms with Crippen LogP contribution in [-0.2, 0) is 13.6 Å². The number of aryl methyl sites for hydroxylation is 1. The molecule has 4 nitrogen and oxygen atoms in total. The predicted octanol–water partition coefficient (Wildman–Crippen LogP) is 2.12. The highest BCUT2D eigenvalue weighted by molar-refractivity contribution is 5.83. The van der Waals surface area contributed by atoms with E-state index in [4.69, 9.17) is 0 Å². The molecule has 0 aliphatic heterocycles. The monoisotopic (exact) mass is 256 g/mol. The van der Waals surface area contributed by atoms with Gasteiger partial charge in [0, 0.05) is 19.3 Å². The van der Waals surface area contributed by atoms with E-state index < -0.39 is 0 Å². The maximum absolute atomic E-state index is 11.9. The molecule has 0 saturated carbocycles. The SMILES string of the molecule is Cc1cc(NCc2ccccc2)c(C=O)c(=O)n1C. The molecule has 1 N–H and O–H groups in total. The van der Waals surface area contributed by atoms with Gasteiger partial charge in [-0.25, -0.2) is 0 Å². The summed E-state index contributed by atoms with van der Waals surface area (Å²) in [5, 5.41) is 3.14. The molecule has 0 unspecified atom stereocenters. The van der Waals surface area contributed by atoms with Gasteiger partial charge in [0.15, 0.2) is 6.29 Å². The zero-order chi connectivity index (χ0) is 13.8. The van der Waals surface area contributed by atoms with Crippen LogP contribution in [0.15, 0.2) is 41.2 Å². The minimum Gasteiger partial charge on any atom is -0.380 e. The van der Waals surface area contributed by atoms with E-state index in [1.807, 2.05) is 43.3 Å². The third-order valence-electron chi connectivity index (χ3n) is 3.15. The first-order chi connectivity index (χ1) is 9.13. The number of carbonyl (C=O) groups excluding carboxylic acids is 1. The van der Waals surface area contributed by atoms with Crippen molar-refractivity contribution in [1.82, 2.24) is 4.57 Å². The number of hydrogen-bond acceptors (Lipinski definition) is 3. The molecule has 0 aliphatic carbocycles. The Morgan fingerprint density at radius 2 is 1.95 bits per heavy atom. The fourth-order valence-electron chi connectivity index (χ4n) is 1.89. The van der Waals surface area contributed by atoms with Crippen molar-refractivity contribution in [3.05, 3.63) is 63.6 Å². The molecule has 0 bridgehead atoms. The molecule has 1 aromatic carbocycles. The Bertz CT molecular complexity index is 645. The van der Waals surface area contributed by atoms with Crippen LogP contribution in [0.1, 0.15) is 21.6 Å². The molecular weight excluding hydrogens is 240 g/mol. The molecule has 0 saturated heterocycles. The van der Waals surface area contributed by atoms with Gasteiger partial charge in [0.05, 0.1) is 5.69 Å². The van der Waals surface area contributed by atoms with Crippen LogP contribution >= 0.6 is 0 Å². The van der Waals surface area contributed by atoms with E-state index in [1.165, 1.54) is 4.57 Å². The van der Waals surface area contributed by atoms with Gasteiger partial charge in [-0.05, 0) is 18.6 Å². The van der Waals surface area contributed by atoms with E-state index >= 15 is 0 Å². The number of rotatable bonds is 4. The van der Waals surface area contributed by atoms with Crippen molar-refractivity contribution in [2.45, 2.75) is 13.5 Å². The van der Waals surface area contributed by atoms with Gasteiger partial charge in [-0.15, -0.1) is 0 Å². The number of anilines is 1. The second-order valence-corrected chi connectivity index (χ2v) is 4.43. The van der Waals surface area contributed by atoms with Crippen molar-refractivity contribution < 1.29 is 4.79 Å². The highest BCUT2D eigenvalue weighted by Gasteiger charge is 2.09. The van der Waals surface area contributed by atoms with Crippen molar-refractivity contribution in [2.24, 2.45) is 7.05 Å². The molecule has 1 aromatic heterocycles. The number of benzene rings is 1. The van der Waals surface area contributed by atoms with Crippen molar-refractivity contribution >= 4 is 12.0 Å². The van der Waals surface area contributed by atoms with E-state index in [0.717, 1.165) is 11.3 Å². The number of pyridine rings is 1.